The number of sulfone groups is 1. The van der Waals surface area contributed by atoms with Crippen molar-refractivity contribution in [3.05, 3.63) is 15.8 Å². The monoisotopic (exact) mass is 339 g/mol. The van der Waals surface area contributed by atoms with Gasteiger partial charge in [0.2, 0.25) is 10.0 Å². The Bertz CT molecular complexity index is 719. The van der Waals surface area contributed by atoms with Crippen molar-refractivity contribution >= 4 is 31.2 Å². The number of aliphatic hydroxyl groups is 1. The van der Waals surface area contributed by atoms with Crippen LogP contribution in [0.25, 0.3) is 0 Å². The molecule has 0 radical (unpaired) electrons. The number of rotatable bonds is 4. The summed E-state index contributed by atoms with van der Waals surface area (Å²) in [5, 5.41) is 10.9. The van der Waals surface area contributed by atoms with Crippen LogP contribution in [0.5, 0.6) is 0 Å². The Morgan fingerprint density at radius 2 is 2.15 bits per heavy atom. The first-order valence-electron chi connectivity index (χ1n) is 6.01. The van der Waals surface area contributed by atoms with Gasteiger partial charge in [-0.3, -0.25) is 0 Å². The Hall–Kier alpha value is -0.480. The Morgan fingerprint density at radius 1 is 1.50 bits per heavy atom. The molecule has 1 saturated heterocycles. The number of nitrogens with one attached hydrogen (secondary N) is 1. The lowest BCUT2D eigenvalue weighted by Crippen LogP contribution is -2.47. The van der Waals surface area contributed by atoms with Gasteiger partial charge < -0.3 is 5.11 Å². The van der Waals surface area contributed by atoms with Crippen LogP contribution in [0.1, 0.15) is 23.8 Å². The zero-order chi connectivity index (χ0) is 15.2. The molecular formula is C11H17NO5S3. The van der Waals surface area contributed by atoms with E-state index < -0.39 is 25.4 Å². The van der Waals surface area contributed by atoms with Crippen LogP contribution >= 0.6 is 11.3 Å². The molecule has 1 aliphatic rings. The van der Waals surface area contributed by atoms with E-state index in [1.54, 1.807) is 19.2 Å². The maximum atomic E-state index is 12.5. The number of sulfonamides is 1. The third-order valence-corrected chi connectivity index (χ3v) is 8.27. The maximum absolute atomic E-state index is 12.5. The number of hydrogen-bond acceptors (Lipinski definition) is 6. The summed E-state index contributed by atoms with van der Waals surface area (Å²) in [6.07, 6.45) is 0.256. The molecule has 2 rings (SSSR count). The predicted molar refractivity (Wildman–Crippen MR) is 77.0 cm³/mol. The van der Waals surface area contributed by atoms with E-state index >= 15 is 0 Å². The zero-order valence-corrected chi connectivity index (χ0v) is 13.7. The van der Waals surface area contributed by atoms with E-state index in [0.717, 1.165) is 0 Å². The molecule has 1 atom stereocenters. The van der Waals surface area contributed by atoms with Crippen molar-refractivity contribution in [3.8, 4) is 0 Å². The van der Waals surface area contributed by atoms with Gasteiger partial charge >= 0.3 is 0 Å². The molecule has 0 amide bonds. The molecule has 114 valence electrons. The minimum absolute atomic E-state index is 0.0124. The highest BCUT2D eigenvalue weighted by Gasteiger charge is 2.42. The van der Waals surface area contributed by atoms with Crippen molar-refractivity contribution in [2.45, 2.75) is 37.3 Å². The molecule has 0 aliphatic carbocycles. The van der Waals surface area contributed by atoms with E-state index in [2.05, 4.69) is 4.72 Å². The quantitative estimate of drug-likeness (QED) is 0.827. The second-order valence-electron chi connectivity index (χ2n) is 5.34. The fraction of sp³-hybridized carbons (Fsp3) is 0.636. The van der Waals surface area contributed by atoms with Crippen molar-refractivity contribution in [1.82, 2.24) is 4.72 Å². The van der Waals surface area contributed by atoms with E-state index in [9.17, 15) is 21.9 Å². The topological polar surface area (TPSA) is 101 Å². The molecule has 1 fully saturated rings. The molecule has 6 nitrogen and oxygen atoms in total. The lowest BCUT2D eigenvalue weighted by Gasteiger charge is -2.23. The van der Waals surface area contributed by atoms with Gasteiger partial charge in [-0.05, 0) is 31.2 Å². The van der Waals surface area contributed by atoms with Crippen molar-refractivity contribution < 1.29 is 21.9 Å². The van der Waals surface area contributed by atoms with Crippen LogP contribution in [-0.4, -0.2) is 39.0 Å². The van der Waals surface area contributed by atoms with Crippen molar-refractivity contribution in [2.75, 3.05) is 11.5 Å². The van der Waals surface area contributed by atoms with Crippen LogP contribution in [0.2, 0.25) is 0 Å². The summed E-state index contributed by atoms with van der Waals surface area (Å²) >= 11 is 1.17. The summed E-state index contributed by atoms with van der Waals surface area (Å²) in [5.74, 6) is -0.210. The molecule has 0 bridgehead atoms. The highest BCUT2D eigenvalue weighted by Crippen LogP contribution is 2.30. The van der Waals surface area contributed by atoms with Gasteiger partial charge in [-0.15, -0.1) is 11.3 Å². The maximum Gasteiger partial charge on any atom is 0.242 e. The number of hydrogen-bond donors (Lipinski definition) is 2. The minimum Gasteiger partial charge on any atom is -0.391 e. The molecule has 1 aliphatic heterocycles. The molecule has 2 heterocycles. The molecule has 9 heteroatoms. The summed E-state index contributed by atoms with van der Waals surface area (Å²) in [6, 6.07) is 0. The van der Waals surface area contributed by atoms with Gasteiger partial charge in [0, 0.05) is 5.54 Å². The third kappa shape index (κ3) is 3.06. The summed E-state index contributed by atoms with van der Waals surface area (Å²) in [7, 11) is -7.04. The Balaban J connectivity index is 2.35. The van der Waals surface area contributed by atoms with Gasteiger partial charge in [-0.1, -0.05) is 0 Å². The molecule has 1 aromatic rings. The number of thiophene rings is 1. The van der Waals surface area contributed by atoms with Gasteiger partial charge in [-0.25, -0.2) is 21.6 Å². The smallest absolute Gasteiger partial charge is 0.242 e. The normalized spacial score (nSPS) is 25.9. The highest BCUT2D eigenvalue weighted by atomic mass is 32.2. The van der Waals surface area contributed by atoms with E-state index in [1.165, 1.54) is 11.3 Å². The van der Waals surface area contributed by atoms with Crippen LogP contribution in [0.3, 0.4) is 0 Å². The fourth-order valence-corrected chi connectivity index (χ4v) is 7.71. The molecule has 1 unspecified atom stereocenters. The van der Waals surface area contributed by atoms with Crippen molar-refractivity contribution in [1.29, 1.82) is 0 Å². The van der Waals surface area contributed by atoms with Gasteiger partial charge in [-0.2, -0.15) is 0 Å². The predicted octanol–water partition coefficient (Wildman–Crippen LogP) is 0.404. The third-order valence-electron chi connectivity index (χ3n) is 3.29. The van der Waals surface area contributed by atoms with Gasteiger partial charge in [0.25, 0.3) is 0 Å². The van der Waals surface area contributed by atoms with Gasteiger partial charge in [0.1, 0.15) is 4.90 Å². The molecule has 2 N–H and O–H groups in total. The first kappa shape index (κ1) is 15.9. The summed E-state index contributed by atoms with van der Waals surface area (Å²) in [4.78, 5) is 0.426. The Kier molecular flexibility index (Phi) is 4.02. The molecule has 0 aromatic carbocycles. The lowest BCUT2D eigenvalue weighted by molar-refractivity contribution is 0.282. The van der Waals surface area contributed by atoms with Crippen LogP contribution in [0, 0.1) is 6.92 Å². The van der Waals surface area contributed by atoms with Crippen LogP contribution in [-0.2, 0) is 26.5 Å². The molecule has 0 saturated carbocycles. The molecule has 20 heavy (non-hydrogen) atoms. The Morgan fingerprint density at radius 3 is 2.65 bits per heavy atom. The molecule has 0 spiro atoms. The SMILES string of the molecule is Cc1csc(CO)c1S(=O)(=O)NC1(C)CCS(=O)(=O)C1. The van der Waals surface area contributed by atoms with E-state index in [4.69, 9.17) is 0 Å². The number of aryl methyl sites for hydroxylation is 1. The van der Waals surface area contributed by atoms with E-state index in [0.29, 0.717) is 10.4 Å². The van der Waals surface area contributed by atoms with Crippen LogP contribution in [0.15, 0.2) is 10.3 Å². The molecular weight excluding hydrogens is 322 g/mol. The number of aliphatic hydroxyl groups excluding tert-OH is 1. The first-order chi connectivity index (χ1) is 9.09. The lowest BCUT2D eigenvalue weighted by atomic mass is 10.0. The van der Waals surface area contributed by atoms with Crippen LogP contribution in [0.4, 0.5) is 0 Å². The van der Waals surface area contributed by atoms with Gasteiger partial charge in [0.05, 0.1) is 23.0 Å². The first-order valence-corrected chi connectivity index (χ1v) is 10.2. The average molecular weight is 339 g/mol. The zero-order valence-electron chi connectivity index (χ0n) is 11.2. The van der Waals surface area contributed by atoms with E-state index in [-0.39, 0.29) is 29.4 Å². The summed E-state index contributed by atoms with van der Waals surface area (Å²) < 4.78 is 50.5. The summed E-state index contributed by atoms with van der Waals surface area (Å²) in [6.45, 7) is 2.89. The standard InChI is InChI=1S/C11H17NO5S3/c1-8-6-18-9(5-13)10(8)20(16,17)12-11(2)3-4-19(14,15)7-11/h6,12-13H,3-5,7H2,1-2H3. The minimum atomic E-state index is -3.85. The second kappa shape index (κ2) is 5.06. The van der Waals surface area contributed by atoms with Crippen LogP contribution < -0.4 is 4.72 Å². The van der Waals surface area contributed by atoms with Crippen molar-refractivity contribution in [2.24, 2.45) is 0 Å². The second-order valence-corrected chi connectivity index (χ2v) is 10.1. The fourth-order valence-electron chi connectivity index (χ4n) is 2.42. The Labute approximate surface area is 122 Å². The largest absolute Gasteiger partial charge is 0.391 e. The van der Waals surface area contributed by atoms with Crippen molar-refractivity contribution in [3.63, 3.8) is 0 Å². The average Bonchev–Trinajstić information content (AvgIpc) is 2.78. The van der Waals surface area contributed by atoms with Gasteiger partial charge in [0.15, 0.2) is 9.84 Å². The van der Waals surface area contributed by atoms with E-state index in [1.807, 2.05) is 0 Å². The highest BCUT2D eigenvalue weighted by molar-refractivity contribution is 7.92. The molecule has 1 aromatic heterocycles. The summed E-state index contributed by atoms with van der Waals surface area (Å²) in [5.41, 5.74) is -0.435.